The molecule has 0 radical (unpaired) electrons. The number of nitrogens with zero attached hydrogens (tertiary/aromatic N) is 2. The van der Waals surface area contributed by atoms with E-state index in [9.17, 15) is 4.79 Å². The molecule has 7 heteroatoms. The molecule has 1 N–H and O–H groups in total. The van der Waals surface area contributed by atoms with Gasteiger partial charge in [-0.2, -0.15) is 4.98 Å². The monoisotopic (exact) mass is 273 g/mol. The number of hydrogen-bond acceptors (Lipinski definition) is 5. The molecule has 0 saturated heterocycles. The van der Waals surface area contributed by atoms with Crippen LogP contribution in [0.5, 0.6) is 5.88 Å². The van der Waals surface area contributed by atoms with Crippen LogP contribution in [0, 0.1) is 0 Å². The molecule has 0 fully saturated rings. The average Bonchev–Trinajstić information content (AvgIpc) is 2.35. The van der Waals surface area contributed by atoms with E-state index in [0.717, 1.165) is 0 Å². The van der Waals surface area contributed by atoms with E-state index >= 15 is 0 Å². The zero-order valence-electron chi connectivity index (χ0n) is 10.6. The SMILES string of the molecule is COc1cc(Cl)nc(NC(=O)CCC(C)OC)n1. The van der Waals surface area contributed by atoms with Gasteiger partial charge >= 0.3 is 0 Å². The summed E-state index contributed by atoms with van der Waals surface area (Å²) in [5.41, 5.74) is 0. The van der Waals surface area contributed by atoms with E-state index in [1.54, 1.807) is 7.11 Å². The van der Waals surface area contributed by atoms with Gasteiger partial charge in [0.05, 0.1) is 13.2 Å². The number of rotatable bonds is 6. The van der Waals surface area contributed by atoms with Crippen LogP contribution < -0.4 is 10.1 Å². The first kappa shape index (κ1) is 14.7. The van der Waals surface area contributed by atoms with Crippen LogP contribution in [0.25, 0.3) is 0 Å². The van der Waals surface area contributed by atoms with Crippen molar-refractivity contribution in [3.8, 4) is 5.88 Å². The average molecular weight is 274 g/mol. The highest BCUT2D eigenvalue weighted by Crippen LogP contribution is 2.16. The lowest BCUT2D eigenvalue weighted by molar-refractivity contribution is -0.116. The number of aromatic nitrogens is 2. The summed E-state index contributed by atoms with van der Waals surface area (Å²) < 4.78 is 9.98. The van der Waals surface area contributed by atoms with Gasteiger partial charge in [-0.15, -0.1) is 0 Å². The largest absolute Gasteiger partial charge is 0.481 e. The van der Waals surface area contributed by atoms with Gasteiger partial charge in [0.2, 0.25) is 17.7 Å². The summed E-state index contributed by atoms with van der Waals surface area (Å²) in [7, 11) is 3.07. The van der Waals surface area contributed by atoms with E-state index in [-0.39, 0.29) is 23.1 Å². The lowest BCUT2D eigenvalue weighted by atomic mass is 10.2. The number of anilines is 1. The van der Waals surface area contributed by atoms with Crippen molar-refractivity contribution in [1.29, 1.82) is 0 Å². The van der Waals surface area contributed by atoms with Crippen molar-refractivity contribution in [1.82, 2.24) is 9.97 Å². The molecule has 100 valence electrons. The molecule has 0 aliphatic carbocycles. The van der Waals surface area contributed by atoms with E-state index < -0.39 is 0 Å². The van der Waals surface area contributed by atoms with Gasteiger partial charge in [-0.3, -0.25) is 10.1 Å². The summed E-state index contributed by atoms with van der Waals surface area (Å²) in [6.45, 7) is 1.90. The van der Waals surface area contributed by atoms with Crippen molar-refractivity contribution < 1.29 is 14.3 Å². The third-order valence-corrected chi connectivity index (χ3v) is 2.51. The van der Waals surface area contributed by atoms with Gasteiger partial charge in [-0.25, -0.2) is 4.98 Å². The summed E-state index contributed by atoms with van der Waals surface area (Å²) in [4.78, 5) is 19.5. The van der Waals surface area contributed by atoms with Crippen molar-refractivity contribution in [2.75, 3.05) is 19.5 Å². The van der Waals surface area contributed by atoms with E-state index in [2.05, 4.69) is 15.3 Å². The molecule has 1 amide bonds. The van der Waals surface area contributed by atoms with Gasteiger partial charge in [0.15, 0.2) is 0 Å². The van der Waals surface area contributed by atoms with Crippen molar-refractivity contribution in [3.63, 3.8) is 0 Å². The van der Waals surface area contributed by atoms with Crippen LogP contribution in [-0.4, -0.2) is 36.2 Å². The highest BCUT2D eigenvalue weighted by molar-refractivity contribution is 6.29. The number of amides is 1. The lowest BCUT2D eigenvalue weighted by Crippen LogP contribution is -2.16. The Kier molecular flexibility index (Phi) is 5.80. The van der Waals surface area contributed by atoms with Gasteiger partial charge in [-0.05, 0) is 13.3 Å². The van der Waals surface area contributed by atoms with E-state index in [0.29, 0.717) is 18.7 Å². The van der Waals surface area contributed by atoms with Crippen LogP contribution in [0.3, 0.4) is 0 Å². The second kappa shape index (κ2) is 7.13. The van der Waals surface area contributed by atoms with E-state index in [4.69, 9.17) is 21.1 Å². The number of carbonyl (C=O) groups is 1. The second-order valence-electron chi connectivity index (χ2n) is 3.69. The fourth-order valence-electron chi connectivity index (χ4n) is 1.20. The predicted molar refractivity (Wildman–Crippen MR) is 67.9 cm³/mol. The van der Waals surface area contributed by atoms with Crippen LogP contribution in [0.2, 0.25) is 5.15 Å². The Hall–Kier alpha value is -1.40. The molecule has 0 aliphatic rings. The Morgan fingerprint density at radius 2 is 2.22 bits per heavy atom. The molecule has 1 aromatic rings. The zero-order chi connectivity index (χ0) is 13.5. The first-order chi connectivity index (χ1) is 8.55. The van der Waals surface area contributed by atoms with Gasteiger partial charge < -0.3 is 9.47 Å². The van der Waals surface area contributed by atoms with Gasteiger partial charge in [0, 0.05) is 19.6 Å². The van der Waals surface area contributed by atoms with Crippen LogP contribution in [0.4, 0.5) is 5.95 Å². The van der Waals surface area contributed by atoms with E-state index in [1.165, 1.54) is 13.2 Å². The number of halogens is 1. The molecule has 0 aromatic carbocycles. The van der Waals surface area contributed by atoms with Crippen LogP contribution in [0.15, 0.2) is 6.07 Å². The van der Waals surface area contributed by atoms with Gasteiger partial charge in [0.25, 0.3) is 0 Å². The Labute approximate surface area is 111 Å². The van der Waals surface area contributed by atoms with Crippen molar-refractivity contribution in [2.45, 2.75) is 25.9 Å². The fourth-order valence-corrected chi connectivity index (χ4v) is 1.37. The third kappa shape index (κ3) is 4.85. The smallest absolute Gasteiger partial charge is 0.234 e. The van der Waals surface area contributed by atoms with Crippen LogP contribution in [0.1, 0.15) is 19.8 Å². The topological polar surface area (TPSA) is 73.3 Å². The maximum Gasteiger partial charge on any atom is 0.234 e. The van der Waals surface area contributed by atoms with Crippen molar-refractivity contribution in [2.24, 2.45) is 0 Å². The Bertz CT molecular complexity index is 415. The normalized spacial score (nSPS) is 12.0. The molecule has 1 unspecified atom stereocenters. The molecule has 0 saturated carbocycles. The van der Waals surface area contributed by atoms with E-state index in [1.807, 2.05) is 6.92 Å². The molecule has 1 rings (SSSR count). The summed E-state index contributed by atoms with van der Waals surface area (Å²) in [6, 6.07) is 1.46. The minimum absolute atomic E-state index is 0.0329. The quantitative estimate of drug-likeness (QED) is 0.801. The number of carbonyl (C=O) groups excluding carboxylic acids is 1. The molecule has 18 heavy (non-hydrogen) atoms. The summed E-state index contributed by atoms with van der Waals surface area (Å²) in [6.07, 6.45) is 0.985. The minimum Gasteiger partial charge on any atom is -0.481 e. The van der Waals surface area contributed by atoms with Crippen molar-refractivity contribution >= 4 is 23.5 Å². The molecule has 0 spiro atoms. The maximum absolute atomic E-state index is 11.6. The highest BCUT2D eigenvalue weighted by atomic mass is 35.5. The number of methoxy groups -OCH3 is 2. The highest BCUT2D eigenvalue weighted by Gasteiger charge is 2.09. The van der Waals surface area contributed by atoms with Crippen LogP contribution >= 0.6 is 11.6 Å². The zero-order valence-corrected chi connectivity index (χ0v) is 11.3. The third-order valence-electron chi connectivity index (χ3n) is 2.31. The number of hydrogen-bond donors (Lipinski definition) is 1. The van der Waals surface area contributed by atoms with Gasteiger partial charge in [-0.1, -0.05) is 11.6 Å². The predicted octanol–water partition coefficient (Wildman–Crippen LogP) is 1.89. The molecule has 1 heterocycles. The minimum atomic E-state index is -0.191. The number of ether oxygens (including phenoxy) is 2. The van der Waals surface area contributed by atoms with Gasteiger partial charge in [0.1, 0.15) is 5.15 Å². The fraction of sp³-hybridized carbons (Fsp3) is 0.545. The molecule has 6 nitrogen and oxygen atoms in total. The molecule has 0 bridgehead atoms. The molecular weight excluding hydrogens is 258 g/mol. The molecule has 1 aromatic heterocycles. The summed E-state index contributed by atoms with van der Waals surface area (Å²) in [5, 5.41) is 2.77. The Balaban J connectivity index is 2.56. The maximum atomic E-state index is 11.6. The summed E-state index contributed by atoms with van der Waals surface area (Å²) in [5.74, 6) is 0.244. The molecular formula is C11H16ClN3O3. The lowest BCUT2D eigenvalue weighted by Gasteiger charge is -2.09. The molecule has 0 aliphatic heterocycles. The molecule has 1 atom stereocenters. The second-order valence-corrected chi connectivity index (χ2v) is 4.08. The first-order valence-electron chi connectivity index (χ1n) is 5.46. The standard InChI is InChI=1S/C11H16ClN3O3/c1-7(17-2)4-5-9(16)14-11-13-8(12)6-10(15-11)18-3/h6-7H,4-5H2,1-3H3,(H,13,14,15,16). The number of nitrogens with one attached hydrogen (secondary N) is 1. The first-order valence-corrected chi connectivity index (χ1v) is 5.84. The van der Waals surface area contributed by atoms with Crippen LogP contribution in [-0.2, 0) is 9.53 Å². The summed E-state index contributed by atoms with van der Waals surface area (Å²) >= 11 is 5.76. The Morgan fingerprint density at radius 1 is 1.50 bits per heavy atom. The van der Waals surface area contributed by atoms with Crippen molar-refractivity contribution in [3.05, 3.63) is 11.2 Å². The Morgan fingerprint density at radius 3 is 2.83 bits per heavy atom.